The van der Waals surface area contributed by atoms with Crippen LogP contribution >= 0.6 is 38.2 Å². The van der Waals surface area contributed by atoms with Crippen molar-refractivity contribution in [2.24, 2.45) is 0 Å². The van der Waals surface area contributed by atoms with Crippen LogP contribution in [-0.4, -0.2) is 8.42 Å². The highest BCUT2D eigenvalue weighted by Crippen LogP contribution is 2.28. The Kier molecular flexibility index (Phi) is 4.01. The number of halogens is 3. The summed E-state index contributed by atoms with van der Waals surface area (Å²) in [5, 5.41) is 8.80. The van der Waals surface area contributed by atoms with Crippen molar-refractivity contribution < 1.29 is 8.42 Å². The molecule has 1 rings (SSSR count). The Bertz CT molecular complexity index is 536. The molecule has 15 heavy (non-hydrogen) atoms. The van der Waals surface area contributed by atoms with E-state index in [-0.39, 0.29) is 21.9 Å². The van der Waals surface area contributed by atoms with E-state index in [0.717, 1.165) is 0 Å². The molecular formula is C8H4BrCl2NO2S. The molecule has 0 saturated carbocycles. The molecule has 1 aromatic carbocycles. The molecule has 0 spiro atoms. The minimum Gasteiger partial charge on any atom is -0.207 e. The zero-order chi connectivity index (χ0) is 11.6. The van der Waals surface area contributed by atoms with Gasteiger partial charge in [-0.2, -0.15) is 5.26 Å². The lowest BCUT2D eigenvalue weighted by atomic mass is 10.1. The molecule has 80 valence electrons. The van der Waals surface area contributed by atoms with E-state index in [1.807, 2.05) is 6.07 Å². The summed E-state index contributed by atoms with van der Waals surface area (Å²) >= 11 is 8.68. The minimum absolute atomic E-state index is 0.0859. The Morgan fingerprint density at radius 1 is 1.47 bits per heavy atom. The third-order valence-corrected chi connectivity index (χ3v) is 3.80. The lowest BCUT2D eigenvalue weighted by Crippen LogP contribution is -1.99. The highest BCUT2D eigenvalue weighted by Gasteiger charge is 2.19. The second-order valence-corrected chi connectivity index (χ2v) is 6.33. The lowest BCUT2D eigenvalue weighted by Gasteiger charge is -2.06. The molecule has 0 aromatic heterocycles. The Balaban J connectivity index is 3.66. The van der Waals surface area contributed by atoms with Crippen LogP contribution in [0.2, 0.25) is 0 Å². The van der Waals surface area contributed by atoms with E-state index in [2.05, 4.69) is 15.9 Å². The molecule has 0 unspecified atom stereocenters. The highest BCUT2D eigenvalue weighted by atomic mass is 79.9. The molecule has 0 aliphatic heterocycles. The van der Waals surface area contributed by atoms with E-state index in [4.69, 9.17) is 27.5 Å². The molecule has 0 N–H and O–H groups in total. The zero-order valence-electron chi connectivity index (χ0n) is 7.17. The number of nitriles is 1. The fraction of sp³-hybridized carbons (Fsp3) is 0.125. The SMILES string of the molecule is N#Cc1cc(Br)cc(S(=O)(=O)Cl)c1CCl. The summed E-state index contributed by atoms with van der Waals surface area (Å²) in [6.45, 7) is 0. The number of hydrogen-bond donors (Lipinski definition) is 0. The van der Waals surface area contributed by atoms with Gasteiger partial charge in [-0.05, 0) is 12.1 Å². The van der Waals surface area contributed by atoms with Gasteiger partial charge in [0.05, 0.1) is 22.4 Å². The molecule has 7 heteroatoms. The van der Waals surface area contributed by atoms with Gasteiger partial charge in [0.15, 0.2) is 0 Å². The van der Waals surface area contributed by atoms with Gasteiger partial charge in [0.2, 0.25) is 0 Å². The van der Waals surface area contributed by atoms with E-state index in [9.17, 15) is 8.42 Å². The van der Waals surface area contributed by atoms with Crippen LogP contribution in [-0.2, 0) is 14.9 Å². The Hall–Kier alpha value is -0.280. The molecule has 0 radical (unpaired) electrons. The summed E-state index contributed by atoms with van der Waals surface area (Å²) in [6.07, 6.45) is 0. The topological polar surface area (TPSA) is 57.9 Å². The summed E-state index contributed by atoms with van der Waals surface area (Å²) in [7, 11) is 1.33. The van der Waals surface area contributed by atoms with Crippen LogP contribution in [0.3, 0.4) is 0 Å². The van der Waals surface area contributed by atoms with E-state index >= 15 is 0 Å². The Labute approximate surface area is 105 Å². The predicted octanol–water partition coefficient (Wildman–Crippen LogP) is 2.99. The van der Waals surface area contributed by atoms with E-state index in [0.29, 0.717) is 4.47 Å². The van der Waals surface area contributed by atoms with Crippen LogP contribution in [0.1, 0.15) is 11.1 Å². The molecule has 3 nitrogen and oxygen atoms in total. The first-order chi connectivity index (χ1) is 6.90. The maximum atomic E-state index is 11.2. The molecule has 0 fully saturated rings. The first kappa shape index (κ1) is 12.8. The van der Waals surface area contributed by atoms with E-state index in [1.54, 1.807) is 0 Å². The molecule has 0 atom stereocenters. The van der Waals surface area contributed by atoms with Gasteiger partial charge in [0.1, 0.15) is 0 Å². The van der Waals surface area contributed by atoms with Gasteiger partial charge in [-0.1, -0.05) is 15.9 Å². The first-order valence-corrected chi connectivity index (χ1v) is 7.27. The molecule has 0 amide bonds. The monoisotopic (exact) mass is 327 g/mol. The fourth-order valence-corrected chi connectivity index (χ4v) is 3.20. The van der Waals surface area contributed by atoms with Crippen molar-refractivity contribution in [3.8, 4) is 6.07 Å². The zero-order valence-corrected chi connectivity index (χ0v) is 11.1. The Morgan fingerprint density at radius 3 is 2.47 bits per heavy atom. The number of hydrogen-bond acceptors (Lipinski definition) is 3. The second-order valence-electron chi connectivity index (χ2n) is 2.61. The average Bonchev–Trinajstić information content (AvgIpc) is 2.15. The normalized spacial score (nSPS) is 11.1. The fourth-order valence-electron chi connectivity index (χ4n) is 1.07. The van der Waals surface area contributed by atoms with Crippen LogP contribution in [0.25, 0.3) is 0 Å². The van der Waals surface area contributed by atoms with Gasteiger partial charge in [-0.15, -0.1) is 11.6 Å². The summed E-state index contributed by atoms with van der Waals surface area (Å²) < 4.78 is 22.9. The van der Waals surface area contributed by atoms with Crippen LogP contribution in [0.15, 0.2) is 21.5 Å². The largest absolute Gasteiger partial charge is 0.261 e. The van der Waals surface area contributed by atoms with Gasteiger partial charge in [-0.25, -0.2) is 8.42 Å². The van der Waals surface area contributed by atoms with Crippen molar-refractivity contribution in [1.82, 2.24) is 0 Å². The van der Waals surface area contributed by atoms with E-state index in [1.165, 1.54) is 12.1 Å². The van der Waals surface area contributed by atoms with Crippen molar-refractivity contribution in [3.63, 3.8) is 0 Å². The van der Waals surface area contributed by atoms with Crippen LogP contribution < -0.4 is 0 Å². The average molecular weight is 329 g/mol. The summed E-state index contributed by atoms with van der Waals surface area (Å²) in [6, 6.07) is 4.67. The molecule has 0 saturated heterocycles. The summed E-state index contributed by atoms with van der Waals surface area (Å²) in [5.74, 6) is -0.0859. The van der Waals surface area contributed by atoms with Crippen molar-refractivity contribution >= 4 is 47.3 Å². The maximum absolute atomic E-state index is 11.2. The van der Waals surface area contributed by atoms with Crippen LogP contribution in [0, 0.1) is 11.3 Å². The number of rotatable bonds is 2. The van der Waals surface area contributed by atoms with Gasteiger partial charge in [0.25, 0.3) is 9.05 Å². The molecular weight excluding hydrogens is 325 g/mol. The third-order valence-electron chi connectivity index (χ3n) is 1.69. The van der Waals surface area contributed by atoms with E-state index < -0.39 is 9.05 Å². The van der Waals surface area contributed by atoms with Crippen molar-refractivity contribution in [1.29, 1.82) is 5.26 Å². The number of alkyl halides is 1. The molecule has 0 heterocycles. The van der Waals surface area contributed by atoms with Crippen molar-refractivity contribution in [3.05, 3.63) is 27.7 Å². The van der Waals surface area contributed by atoms with Crippen LogP contribution in [0.4, 0.5) is 0 Å². The first-order valence-electron chi connectivity index (χ1n) is 3.63. The molecule has 0 aliphatic carbocycles. The third kappa shape index (κ3) is 2.85. The van der Waals surface area contributed by atoms with Gasteiger partial charge in [-0.3, -0.25) is 0 Å². The van der Waals surface area contributed by atoms with Crippen molar-refractivity contribution in [2.45, 2.75) is 10.8 Å². The van der Waals surface area contributed by atoms with Crippen molar-refractivity contribution in [2.75, 3.05) is 0 Å². The maximum Gasteiger partial charge on any atom is 0.261 e. The smallest absolute Gasteiger partial charge is 0.207 e. The predicted molar refractivity (Wildman–Crippen MR) is 61.5 cm³/mol. The standard InChI is InChI=1S/C8H4BrCl2NO2S/c9-6-1-5(4-12)7(3-10)8(2-6)15(11,13)14/h1-2H,3H2. The Morgan fingerprint density at radius 2 is 2.07 bits per heavy atom. The molecule has 0 aliphatic rings. The quantitative estimate of drug-likeness (QED) is 0.619. The summed E-state index contributed by atoms with van der Waals surface area (Å²) in [4.78, 5) is -0.134. The van der Waals surface area contributed by atoms with Crippen LogP contribution in [0.5, 0.6) is 0 Å². The lowest BCUT2D eigenvalue weighted by molar-refractivity contribution is 0.609. The highest BCUT2D eigenvalue weighted by molar-refractivity contribution is 9.10. The van der Waals surface area contributed by atoms with Gasteiger partial charge < -0.3 is 0 Å². The summed E-state index contributed by atoms with van der Waals surface area (Å²) in [5.41, 5.74) is 0.413. The second kappa shape index (κ2) is 4.71. The number of benzene rings is 1. The minimum atomic E-state index is -3.89. The molecule has 1 aromatic rings. The number of nitrogens with zero attached hydrogens (tertiary/aromatic N) is 1. The van der Waals surface area contributed by atoms with Gasteiger partial charge >= 0.3 is 0 Å². The van der Waals surface area contributed by atoms with Gasteiger partial charge in [0, 0.05) is 20.7 Å². The molecule has 0 bridgehead atoms.